The lowest BCUT2D eigenvalue weighted by Crippen LogP contribution is -2.06. The molecule has 1 aliphatic rings. The van der Waals surface area contributed by atoms with E-state index in [1.165, 1.54) is 0 Å². The lowest BCUT2D eigenvalue weighted by Gasteiger charge is -2.10. The van der Waals surface area contributed by atoms with Crippen LogP contribution in [0.15, 0.2) is 24.7 Å². The Morgan fingerprint density at radius 2 is 2.43 bits per heavy atom. The maximum Gasteiger partial charge on any atom is 0.161 e. The lowest BCUT2D eigenvalue weighted by molar-refractivity contribution is 0.0593. The van der Waals surface area contributed by atoms with Gasteiger partial charge in [-0.2, -0.15) is 0 Å². The summed E-state index contributed by atoms with van der Waals surface area (Å²) in [7, 11) is 0. The summed E-state index contributed by atoms with van der Waals surface area (Å²) in [5.74, 6) is 0. The van der Waals surface area contributed by atoms with Crippen LogP contribution in [0.4, 0.5) is 0 Å². The van der Waals surface area contributed by atoms with E-state index in [9.17, 15) is 0 Å². The SMILES string of the molecule is c1cnc2c(c1)ncn2C1CCCO1. The molecule has 0 saturated carbocycles. The minimum Gasteiger partial charge on any atom is -0.358 e. The number of fused-ring (bicyclic) bond motifs is 1. The maximum absolute atomic E-state index is 5.59. The summed E-state index contributed by atoms with van der Waals surface area (Å²) in [6.07, 6.45) is 5.91. The summed E-state index contributed by atoms with van der Waals surface area (Å²) in [4.78, 5) is 8.59. The van der Waals surface area contributed by atoms with Gasteiger partial charge in [0.1, 0.15) is 11.7 Å². The summed E-state index contributed by atoms with van der Waals surface area (Å²) < 4.78 is 7.60. The normalized spacial score (nSPS) is 21.9. The zero-order valence-electron chi connectivity index (χ0n) is 7.76. The van der Waals surface area contributed by atoms with Crippen LogP contribution in [0.3, 0.4) is 0 Å². The standard InChI is InChI=1S/C10H11N3O/c1-3-8-10(11-5-1)13(7-12-8)9-4-2-6-14-9/h1,3,5,7,9H,2,4,6H2. The van der Waals surface area contributed by atoms with Gasteiger partial charge in [-0.1, -0.05) is 0 Å². The Bertz CT molecular complexity index is 445. The zero-order valence-corrected chi connectivity index (χ0v) is 7.76. The first-order chi connectivity index (χ1) is 6.95. The van der Waals surface area contributed by atoms with Crippen molar-refractivity contribution in [3.05, 3.63) is 24.7 Å². The largest absolute Gasteiger partial charge is 0.358 e. The number of hydrogen-bond donors (Lipinski definition) is 0. The fourth-order valence-electron chi connectivity index (χ4n) is 1.86. The minimum absolute atomic E-state index is 0.134. The average molecular weight is 189 g/mol. The summed E-state index contributed by atoms with van der Waals surface area (Å²) in [6.45, 7) is 0.844. The van der Waals surface area contributed by atoms with Crippen LogP contribution in [0.1, 0.15) is 19.1 Å². The molecule has 4 nitrogen and oxygen atoms in total. The van der Waals surface area contributed by atoms with Crippen LogP contribution in [-0.4, -0.2) is 21.1 Å². The summed E-state index contributed by atoms with van der Waals surface area (Å²) in [5.41, 5.74) is 1.85. The molecule has 72 valence electrons. The van der Waals surface area contributed by atoms with Gasteiger partial charge in [0.15, 0.2) is 5.65 Å². The molecule has 1 unspecified atom stereocenters. The second-order valence-corrected chi connectivity index (χ2v) is 3.47. The number of hydrogen-bond acceptors (Lipinski definition) is 3. The van der Waals surface area contributed by atoms with E-state index in [-0.39, 0.29) is 6.23 Å². The predicted molar refractivity (Wildman–Crippen MR) is 51.8 cm³/mol. The van der Waals surface area contributed by atoms with E-state index >= 15 is 0 Å². The van der Waals surface area contributed by atoms with Crippen molar-refractivity contribution in [3.8, 4) is 0 Å². The molecule has 1 fully saturated rings. The first-order valence-electron chi connectivity index (χ1n) is 4.84. The molecular weight excluding hydrogens is 178 g/mol. The molecule has 4 heteroatoms. The van der Waals surface area contributed by atoms with Gasteiger partial charge in [0.25, 0.3) is 0 Å². The van der Waals surface area contributed by atoms with Gasteiger partial charge in [-0.05, 0) is 25.0 Å². The molecule has 3 rings (SSSR count). The van der Waals surface area contributed by atoms with Crippen molar-refractivity contribution < 1.29 is 4.74 Å². The third-order valence-corrected chi connectivity index (χ3v) is 2.55. The zero-order chi connectivity index (χ0) is 9.38. The third kappa shape index (κ3) is 1.11. The number of nitrogens with zero attached hydrogens (tertiary/aromatic N) is 3. The summed E-state index contributed by atoms with van der Waals surface area (Å²) >= 11 is 0. The third-order valence-electron chi connectivity index (χ3n) is 2.55. The van der Waals surface area contributed by atoms with Crippen LogP contribution in [-0.2, 0) is 4.74 Å². The Morgan fingerprint density at radius 3 is 3.29 bits per heavy atom. The number of imidazole rings is 1. The fourth-order valence-corrected chi connectivity index (χ4v) is 1.86. The van der Waals surface area contributed by atoms with E-state index in [0.29, 0.717) is 0 Å². The van der Waals surface area contributed by atoms with Crippen molar-refractivity contribution in [1.82, 2.24) is 14.5 Å². The van der Waals surface area contributed by atoms with Crippen molar-refractivity contribution >= 4 is 11.2 Å². The number of pyridine rings is 1. The van der Waals surface area contributed by atoms with Gasteiger partial charge >= 0.3 is 0 Å². The van der Waals surface area contributed by atoms with E-state index in [4.69, 9.17) is 4.74 Å². The Labute approximate surface area is 81.5 Å². The molecule has 0 amide bonds. The molecule has 2 aromatic rings. The minimum atomic E-state index is 0.134. The van der Waals surface area contributed by atoms with E-state index in [1.54, 1.807) is 6.20 Å². The van der Waals surface area contributed by atoms with Crippen LogP contribution in [0.2, 0.25) is 0 Å². The van der Waals surface area contributed by atoms with Gasteiger partial charge in [0.2, 0.25) is 0 Å². The molecular formula is C10H11N3O. The topological polar surface area (TPSA) is 39.9 Å². The van der Waals surface area contributed by atoms with Gasteiger partial charge in [0.05, 0.1) is 6.33 Å². The highest BCUT2D eigenvalue weighted by Gasteiger charge is 2.19. The average Bonchev–Trinajstić information content (AvgIpc) is 2.85. The van der Waals surface area contributed by atoms with Crippen LogP contribution >= 0.6 is 0 Å². The Balaban J connectivity index is 2.11. The van der Waals surface area contributed by atoms with Crippen molar-refractivity contribution in [2.24, 2.45) is 0 Å². The van der Waals surface area contributed by atoms with Gasteiger partial charge in [-0.15, -0.1) is 0 Å². The highest BCUT2D eigenvalue weighted by Crippen LogP contribution is 2.25. The van der Waals surface area contributed by atoms with Gasteiger partial charge < -0.3 is 4.74 Å². The molecule has 0 aromatic carbocycles. The monoisotopic (exact) mass is 189 g/mol. The molecule has 3 heterocycles. The molecule has 2 aromatic heterocycles. The smallest absolute Gasteiger partial charge is 0.161 e. The second-order valence-electron chi connectivity index (χ2n) is 3.47. The molecule has 14 heavy (non-hydrogen) atoms. The van der Waals surface area contributed by atoms with E-state index < -0.39 is 0 Å². The molecule has 0 N–H and O–H groups in total. The highest BCUT2D eigenvalue weighted by atomic mass is 16.5. The first kappa shape index (κ1) is 7.94. The molecule has 0 spiro atoms. The first-order valence-corrected chi connectivity index (χ1v) is 4.84. The summed E-state index contributed by atoms with van der Waals surface area (Å²) in [6, 6.07) is 3.86. The van der Waals surface area contributed by atoms with Crippen molar-refractivity contribution in [2.45, 2.75) is 19.1 Å². The quantitative estimate of drug-likeness (QED) is 0.686. The number of rotatable bonds is 1. The highest BCUT2D eigenvalue weighted by molar-refractivity contribution is 5.70. The lowest BCUT2D eigenvalue weighted by atomic mass is 10.3. The van der Waals surface area contributed by atoms with Crippen LogP contribution < -0.4 is 0 Å². The molecule has 1 aliphatic heterocycles. The van der Waals surface area contributed by atoms with Crippen LogP contribution in [0, 0.1) is 0 Å². The van der Waals surface area contributed by atoms with E-state index in [0.717, 1.165) is 30.6 Å². The van der Waals surface area contributed by atoms with Gasteiger partial charge in [0, 0.05) is 12.8 Å². The second kappa shape index (κ2) is 3.06. The predicted octanol–water partition coefficient (Wildman–Crippen LogP) is 1.74. The Morgan fingerprint density at radius 1 is 1.43 bits per heavy atom. The Hall–Kier alpha value is -1.42. The van der Waals surface area contributed by atoms with Crippen LogP contribution in [0.25, 0.3) is 11.2 Å². The molecule has 1 saturated heterocycles. The van der Waals surface area contributed by atoms with Gasteiger partial charge in [-0.25, -0.2) is 9.97 Å². The fraction of sp³-hybridized carbons (Fsp3) is 0.400. The van der Waals surface area contributed by atoms with Gasteiger partial charge in [-0.3, -0.25) is 4.57 Å². The van der Waals surface area contributed by atoms with Crippen molar-refractivity contribution in [1.29, 1.82) is 0 Å². The van der Waals surface area contributed by atoms with E-state index in [2.05, 4.69) is 9.97 Å². The number of ether oxygens (including phenoxy) is 1. The molecule has 0 bridgehead atoms. The molecule has 0 aliphatic carbocycles. The van der Waals surface area contributed by atoms with E-state index in [1.807, 2.05) is 23.0 Å². The maximum atomic E-state index is 5.59. The summed E-state index contributed by atoms with van der Waals surface area (Å²) in [5, 5.41) is 0. The Kier molecular flexibility index (Phi) is 1.73. The molecule has 0 radical (unpaired) electrons. The van der Waals surface area contributed by atoms with Crippen LogP contribution in [0.5, 0.6) is 0 Å². The number of aromatic nitrogens is 3. The molecule has 1 atom stereocenters. The van der Waals surface area contributed by atoms with Crippen molar-refractivity contribution in [3.63, 3.8) is 0 Å². The van der Waals surface area contributed by atoms with Crippen molar-refractivity contribution in [2.75, 3.05) is 6.61 Å².